The fourth-order valence-corrected chi connectivity index (χ4v) is 3.40. The number of nitrogens with zero attached hydrogens (tertiary/aromatic N) is 3. The fraction of sp³-hybridized carbons (Fsp3) is 0.333. The number of pyridine rings is 1. The number of rotatable bonds is 6. The van der Waals surface area contributed by atoms with Gasteiger partial charge in [0.25, 0.3) is 5.91 Å². The van der Waals surface area contributed by atoms with Crippen LogP contribution in [0.4, 0.5) is 0 Å². The third-order valence-corrected chi connectivity index (χ3v) is 5.05. The summed E-state index contributed by atoms with van der Waals surface area (Å²) in [5.74, 6) is 1.70. The zero-order valence-electron chi connectivity index (χ0n) is 15.9. The average molecular weight is 380 g/mol. The molecule has 3 aromatic rings. The molecule has 7 nitrogen and oxygen atoms in total. The summed E-state index contributed by atoms with van der Waals surface area (Å²) < 4.78 is 10.9. The molecule has 1 saturated heterocycles. The van der Waals surface area contributed by atoms with Crippen LogP contribution in [-0.4, -0.2) is 72.1 Å². The molecule has 0 radical (unpaired) electrons. The van der Waals surface area contributed by atoms with Gasteiger partial charge in [-0.1, -0.05) is 0 Å². The highest BCUT2D eigenvalue weighted by Gasteiger charge is 2.23. The predicted molar refractivity (Wildman–Crippen MR) is 107 cm³/mol. The number of aromatic nitrogens is 2. The molecule has 1 aliphatic rings. The molecule has 28 heavy (non-hydrogen) atoms. The predicted octanol–water partition coefficient (Wildman–Crippen LogP) is 2.41. The normalized spacial score (nSPS) is 15.0. The molecular weight excluding hydrogens is 356 g/mol. The van der Waals surface area contributed by atoms with Crippen LogP contribution in [0.1, 0.15) is 10.5 Å². The van der Waals surface area contributed by atoms with Crippen molar-refractivity contribution in [2.24, 2.45) is 0 Å². The van der Waals surface area contributed by atoms with E-state index in [0.717, 1.165) is 55.1 Å². The first-order chi connectivity index (χ1) is 13.7. The van der Waals surface area contributed by atoms with Crippen molar-refractivity contribution < 1.29 is 14.3 Å². The third-order valence-electron chi connectivity index (χ3n) is 5.05. The van der Waals surface area contributed by atoms with Crippen LogP contribution in [0.25, 0.3) is 10.9 Å². The van der Waals surface area contributed by atoms with Crippen LogP contribution in [0, 0.1) is 0 Å². The number of aromatic amines is 1. The number of hydrogen-bond acceptors (Lipinski definition) is 5. The standard InChI is InChI=1S/C21H24N4O3/c1-27-17-2-4-18(5-3-17)28-13-12-24-8-10-25(11-9-24)21(26)19-14-16-6-7-22-15-20(16)23-19/h2-7,14-15,23H,8-13H2,1H3. The van der Waals surface area contributed by atoms with E-state index in [1.54, 1.807) is 19.5 Å². The molecule has 1 N–H and O–H groups in total. The Morgan fingerprint density at radius 1 is 1.11 bits per heavy atom. The number of amides is 1. The second kappa shape index (κ2) is 8.31. The largest absolute Gasteiger partial charge is 0.497 e. The summed E-state index contributed by atoms with van der Waals surface area (Å²) in [6.45, 7) is 4.59. The van der Waals surface area contributed by atoms with Crippen LogP contribution in [-0.2, 0) is 0 Å². The number of methoxy groups -OCH3 is 1. The molecule has 1 amide bonds. The summed E-state index contributed by atoms with van der Waals surface area (Å²) in [6, 6.07) is 11.4. The van der Waals surface area contributed by atoms with Gasteiger partial charge < -0.3 is 19.4 Å². The summed E-state index contributed by atoms with van der Waals surface area (Å²) in [5, 5.41) is 1.01. The molecule has 0 aliphatic carbocycles. The Labute approximate surface area is 163 Å². The van der Waals surface area contributed by atoms with E-state index >= 15 is 0 Å². The minimum atomic E-state index is 0.0466. The number of benzene rings is 1. The molecule has 0 saturated carbocycles. The molecule has 3 heterocycles. The third kappa shape index (κ3) is 4.09. The smallest absolute Gasteiger partial charge is 0.270 e. The van der Waals surface area contributed by atoms with Crippen molar-refractivity contribution >= 4 is 16.8 Å². The van der Waals surface area contributed by atoms with Gasteiger partial charge >= 0.3 is 0 Å². The Kier molecular flexibility index (Phi) is 5.43. The number of carbonyl (C=O) groups is 1. The topological polar surface area (TPSA) is 70.7 Å². The lowest BCUT2D eigenvalue weighted by Crippen LogP contribution is -2.49. The van der Waals surface area contributed by atoms with Crippen LogP contribution in [0.3, 0.4) is 0 Å². The van der Waals surface area contributed by atoms with Crippen molar-refractivity contribution in [2.75, 3.05) is 46.4 Å². The molecule has 1 aliphatic heterocycles. The van der Waals surface area contributed by atoms with E-state index in [1.165, 1.54) is 0 Å². The lowest BCUT2D eigenvalue weighted by Gasteiger charge is -2.34. The number of ether oxygens (including phenoxy) is 2. The van der Waals surface area contributed by atoms with Crippen molar-refractivity contribution in [1.82, 2.24) is 19.8 Å². The van der Waals surface area contributed by atoms with Gasteiger partial charge in [0, 0.05) is 44.3 Å². The Balaban J connectivity index is 1.24. The highest BCUT2D eigenvalue weighted by atomic mass is 16.5. The van der Waals surface area contributed by atoms with E-state index in [1.807, 2.05) is 41.3 Å². The fourth-order valence-electron chi connectivity index (χ4n) is 3.40. The van der Waals surface area contributed by atoms with Crippen molar-refractivity contribution in [1.29, 1.82) is 0 Å². The Morgan fingerprint density at radius 2 is 1.86 bits per heavy atom. The van der Waals surface area contributed by atoms with Crippen molar-refractivity contribution in [3.05, 3.63) is 54.5 Å². The molecule has 0 unspecified atom stereocenters. The van der Waals surface area contributed by atoms with E-state index in [0.29, 0.717) is 12.3 Å². The zero-order valence-corrected chi connectivity index (χ0v) is 15.9. The van der Waals surface area contributed by atoms with Crippen LogP contribution < -0.4 is 9.47 Å². The van der Waals surface area contributed by atoms with Crippen molar-refractivity contribution in [3.63, 3.8) is 0 Å². The lowest BCUT2D eigenvalue weighted by atomic mass is 10.2. The highest BCUT2D eigenvalue weighted by Crippen LogP contribution is 2.18. The number of nitrogens with one attached hydrogen (secondary N) is 1. The molecule has 2 aromatic heterocycles. The van der Waals surface area contributed by atoms with Gasteiger partial charge in [-0.05, 0) is 36.4 Å². The molecule has 146 valence electrons. The molecule has 0 atom stereocenters. The number of hydrogen-bond donors (Lipinski definition) is 1. The number of carbonyl (C=O) groups excluding carboxylic acids is 1. The van der Waals surface area contributed by atoms with Gasteiger partial charge in [-0.15, -0.1) is 0 Å². The SMILES string of the molecule is COc1ccc(OCCN2CCN(C(=O)c3cc4ccncc4[nH]3)CC2)cc1. The second-order valence-electron chi connectivity index (χ2n) is 6.80. The second-order valence-corrected chi connectivity index (χ2v) is 6.80. The lowest BCUT2D eigenvalue weighted by molar-refractivity contribution is 0.0615. The summed E-state index contributed by atoms with van der Waals surface area (Å²) in [7, 11) is 1.65. The maximum absolute atomic E-state index is 12.7. The van der Waals surface area contributed by atoms with Crippen LogP contribution in [0.2, 0.25) is 0 Å². The quantitative estimate of drug-likeness (QED) is 0.711. The first-order valence-electron chi connectivity index (χ1n) is 9.44. The van der Waals surface area contributed by atoms with Gasteiger partial charge in [-0.3, -0.25) is 14.7 Å². The monoisotopic (exact) mass is 380 g/mol. The first-order valence-corrected chi connectivity index (χ1v) is 9.44. The van der Waals surface area contributed by atoms with Crippen LogP contribution >= 0.6 is 0 Å². The minimum Gasteiger partial charge on any atom is -0.497 e. The summed E-state index contributed by atoms with van der Waals surface area (Å²) in [4.78, 5) is 24.2. The molecular formula is C21H24N4O3. The van der Waals surface area contributed by atoms with E-state index in [-0.39, 0.29) is 5.91 Å². The van der Waals surface area contributed by atoms with E-state index in [4.69, 9.17) is 9.47 Å². The molecule has 0 spiro atoms. The van der Waals surface area contributed by atoms with E-state index < -0.39 is 0 Å². The Morgan fingerprint density at radius 3 is 2.57 bits per heavy atom. The minimum absolute atomic E-state index is 0.0466. The van der Waals surface area contributed by atoms with Gasteiger partial charge in [-0.25, -0.2) is 0 Å². The Bertz CT molecular complexity index is 897. The van der Waals surface area contributed by atoms with E-state index in [2.05, 4.69) is 14.9 Å². The average Bonchev–Trinajstić information content (AvgIpc) is 3.18. The van der Waals surface area contributed by atoms with Crippen molar-refractivity contribution in [3.8, 4) is 11.5 Å². The first kappa shape index (κ1) is 18.3. The maximum atomic E-state index is 12.7. The molecule has 0 bridgehead atoms. The Hall–Kier alpha value is -3.06. The van der Waals surface area contributed by atoms with Gasteiger partial charge in [-0.2, -0.15) is 0 Å². The van der Waals surface area contributed by atoms with Gasteiger partial charge in [0.2, 0.25) is 0 Å². The van der Waals surface area contributed by atoms with E-state index in [9.17, 15) is 4.79 Å². The van der Waals surface area contributed by atoms with Gasteiger partial charge in [0.15, 0.2) is 0 Å². The number of fused-ring (bicyclic) bond motifs is 1. The molecule has 4 rings (SSSR count). The maximum Gasteiger partial charge on any atom is 0.270 e. The van der Waals surface area contributed by atoms with Gasteiger partial charge in [0.05, 0.1) is 18.8 Å². The molecule has 1 fully saturated rings. The summed E-state index contributed by atoms with van der Waals surface area (Å²) in [6.07, 6.45) is 3.48. The summed E-state index contributed by atoms with van der Waals surface area (Å²) >= 11 is 0. The summed E-state index contributed by atoms with van der Waals surface area (Å²) in [5.41, 5.74) is 1.51. The van der Waals surface area contributed by atoms with Crippen molar-refractivity contribution in [2.45, 2.75) is 0 Å². The zero-order chi connectivity index (χ0) is 19.3. The molecule has 7 heteroatoms. The highest BCUT2D eigenvalue weighted by molar-refractivity contribution is 5.97. The van der Waals surface area contributed by atoms with Crippen LogP contribution in [0.15, 0.2) is 48.8 Å². The number of piperazine rings is 1. The number of H-pyrrole nitrogens is 1. The van der Waals surface area contributed by atoms with Crippen LogP contribution in [0.5, 0.6) is 11.5 Å². The molecule has 1 aromatic carbocycles. The van der Waals surface area contributed by atoms with Gasteiger partial charge in [0.1, 0.15) is 23.8 Å².